The molecule has 8 heteroatoms. The van der Waals surface area contributed by atoms with Crippen LogP contribution in [0.1, 0.15) is 30.9 Å². The van der Waals surface area contributed by atoms with Gasteiger partial charge in [-0.3, -0.25) is 4.79 Å². The van der Waals surface area contributed by atoms with Gasteiger partial charge in [-0.1, -0.05) is 50.2 Å². The number of nitrogens with zero attached hydrogens (tertiary/aromatic N) is 4. The number of hydrogen-bond donors (Lipinski definition) is 1. The van der Waals surface area contributed by atoms with Gasteiger partial charge in [-0.15, -0.1) is 0 Å². The fourth-order valence-corrected chi connectivity index (χ4v) is 6.03. The van der Waals surface area contributed by atoms with Crippen molar-refractivity contribution >= 4 is 11.6 Å². The number of rotatable bonds is 4. The largest absolute Gasteiger partial charge is 0.384 e. The Morgan fingerprint density at radius 3 is 2.28 bits per heavy atom. The predicted octanol–water partition coefficient (Wildman–Crippen LogP) is 3.98. The molecule has 1 N–H and O–H groups in total. The van der Waals surface area contributed by atoms with E-state index in [0.29, 0.717) is 31.7 Å². The number of carbonyl (C=O) groups excluding carboxylic acids is 1. The van der Waals surface area contributed by atoms with Crippen LogP contribution in [0.4, 0.5) is 14.5 Å². The fourth-order valence-electron chi connectivity index (χ4n) is 6.03. The Kier molecular flexibility index (Phi) is 6.47. The van der Waals surface area contributed by atoms with Crippen molar-refractivity contribution in [1.82, 2.24) is 14.9 Å². The summed E-state index contributed by atoms with van der Waals surface area (Å²) in [6.45, 7) is 5.45. The number of halogens is 2. The Balaban J connectivity index is 1.43. The van der Waals surface area contributed by atoms with Gasteiger partial charge in [-0.05, 0) is 17.2 Å². The SMILES string of the molecule is C[C@@H]1CN(C(=O)[C@@H]2CN(c3cncnc3)C[C@H]2c2ccc(F)cc2F)C[C@H](C)C1(O)c1ccccc1. The third kappa shape index (κ3) is 4.23. The molecule has 1 amide bonds. The smallest absolute Gasteiger partial charge is 0.228 e. The number of aromatic nitrogens is 2. The van der Waals surface area contributed by atoms with E-state index in [1.165, 1.54) is 18.5 Å². The van der Waals surface area contributed by atoms with E-state index >= 15 is 0 Å². The van der Waals surface area contributed by atoms with Gasteiger partial charge >= 0.3 is 0 Å². The standard InChI is InChI=1S/C28H30F2N4O2/c1-18-13-34(14-19(2)28(18,36)20-6-4-3-5-7-20)27(35)25-16-33(22-11-31-17-32-12-22)15-24(25)23-9-8-21(29)10-26(23)30/h3-12,17-19,24-25,36H,13-16H2,1-2H3/t18-,19+,24-,25+,28?/m0/s1. The summed E-state index contributed by atoms with van der Waals surface area (Å²) in [6, 6.07) is 13.1. The molecule has 5 atom stereocenters. The number of aliphatic hydroxyl groups is 1. The molecule has 6 nitrogen and oxygen atoms in total. The summed E-state index contributed by atoms with van der Waals surface area (Å²) in [6.07, 6.45) is 4.77. The topological polar surface area (TPSA) is 69.6 Å². The van der Waals surface area contributed by atoms with Crippen LogP contribution < -0.4 is 4.90 Å². The number of benzene rings is 2. The van der Waals surface area contributed by atoms with E-state index in [4.69, 9.17) is 0 Å². The number of likely N-dealkylation sites (tertiary alicyclic amines) is 1. The summed E-state index contributed by atoms with van der Waals surface area (Å²) in [5.41, 5.74) is 0.871. The molecule has 0 saturated carbocycles. The molecule has 3 heterocycles. The molecule has 2 aliphatic heterocycles. The summed E-state index contributed by atoms with van der Waals surface area (Å²) in [7, 11) is 0. The molecule has 2 fully saturated rings. The normalized spacial score (nSPS) is 28.4. The monoisotopic (exact) mass is 492 g/mol. The molecule has 2 saturated heterocycles. The van der Waals surface area contributed by atoms with Crippen LogP contribution >= 0.6 is 0 Å². The minimum Gasteiger partial charge on any atom is -0.384 e. The molecule has 5 rings (SSSR count). The molecule has 2 aliphatic rings. The van der Waals surface area contributed by atoms with Crippen LogP contribution in [0.25, 0.3) is 0 Å². The van der Waals surface area contributed by atoms with Gasteiger partial charge in [0.25, 0.3) is 0 Å². The molecule has 0 bridgehead atoms. The van der Waals surface area contributed by atoms with Crippen LogP contribution in [0, 0.1) is 29.4 Å². The van der Waals surface area contributed by atoms with Crippen LogP contribution in [-0.4, -0.2) is 52.1 Å². The molecular weight excluding hydrogens is 462 g/mol. The van der Waals surface area contributed by atoms with E-state index in [-0.39, 0.29) is 17.7 Å². The molecule has 0 aliphatic carbocycles. The summed E-state index contributed by atoms with van der Waals surface area (Å²) in [4.78, 5) is 25.9. The first kappa shape index (κ1) is 24.3. The van der Waals surface area contributed by atoms with Crippen LogP contribution in [-0.2, 0) is 10.4 Å². The third-order valence-electron chi connectivity index (χ3n) is 7.95. The highest BCUT2D eigenvalue weighted by atomic mass is 19.1. The summed E-state index contributed by atoms with van der Waals surface area (Å²) < 4.78 is 28.5. The molecule has 0 spiro atoms. The van der Waals surface area contributed by atoms with Crippen LogP contribution in [0.3, 0.4) is 0 Å². The van der Waals surface area contributed by atoms with Gasteiger partial charge in [0.1, 0.15) is 18.0 Å². The minimum atomic E-state index is -1.05. The van der Waals surface area contributed by atoms with Gasteiger partial charge < -0.3 is 14.9 Å². The van der Waals surface area contributed by atoms with Crippen molar-refractivity contribution in [2.45, 2.75) is 25.4 Å². The van der Waals surface area contributed by atoms with E-state index in [1.807, 2.05) is 49.1 Å². The highest BCUT2D eigenvalue weighted by Gasteiger charge is 2.49. The third-order valence-corrected chi connectivity index (χ3v) is 7.95. The average molecular weight is 493 g/mol. The quantitative estimate of drug-likeness (QED) is 0.597. The number of piperidine rings is 1. The summed E-state index contributed by atoms with van der Waals surface area (Å²) >= 11 is 0. The van der Waals surface area contributed by atoms with Crippen molar-refractivity contribution in [1.29, 1.82) is 0 Å². The first-order valence-corrected chi connectivity index (χ1v) is 12.3. The number of anilines is 1. The second-order valence-corrected chi connectivity index (χ2v) is 10.1. The zero-order valence-electron chi connectivity index (χ0n) is 20.4. The van der Waals surface area contributed by atoms with Gasteiger partial charge in [-0.2, -0.15) is 0 Å². The van der Waals surface area contributed by atoms with E-state index < -0.39 is 29.1 Å². The van der Waals surface area contributed by atoms with Crippen molar-refractivity contribution in [2.24, 2.45) is 17.8 Å². The lowest BCUT2D eigenvalue weighted by molar-refractivity contribution is -0.152. The van der Waals surface area contributed by atoms with Crippen LogP contribution in [0.5, 0.6) is 0 Å². The van der Waals surface area contributed by atoms with Gasteiger partial charge in [0.2, 0.25) is 5.91 Å². The fraction of sp³-hybridized carbons (Fsp3) is 0.393. The Labute approximate surface area is 209 Å². The minimum absolute atomic E-state index is 0.0862. The van der Waals surface area contributed by atoms with Crippen molar-refractivity contribution in [2.75, 3.05) is 31.1 Å². The maximum atomic E-state index is 14.9. The van der Waals surface area contributed by atoms with Gasteiger partial charge in [0, 0.05) is 50.0 Å². The number of hydrogen-bond acceptors (Lipinski definition) is 5. The average Bonchev–Trinajstić information content (AvgIpc) is 3.32. The van der Waals surface area contributed by atoms with Gasteiger partial charge in [0.15, 0.2) is 0 Å². The Hall–Kier alpha value is -3.39. The molecule has 0 radical (unpaired) electrons. The highest BCUT2D eigenvalue weighted by Crippen LogP contribution is 2.43. The zero-order chi connectivity index (χ0) is 25.4. The van der Waals surface area contributed by atoms with E-state index in [0.717, 1.165) is 17.3 Å². The lowest BCUT2D eigenvalue weighted by Gasteiger charge is -2.48. The second kappa shape index (κ2) is 9.58. The molecule has 36 heavy (non-hydrogen) atoms. The number of carbonyl (C=O) groups is 1. The highest BCUT2D eigenvalue weighted by molar-refractivity contribution is 5.82. The molecule has 1 unspecified atom stereocenters. The Morgan fingerprint density at radius 1 is 0.972 bits per heavy atom. The van der Waals surface area contributed by atoms with Gasteiger partial charge in [0.05, 0.1) is 29.6 Å². The Morgan fingerprint density at radius 2 is 1.64 bits per heavy atom. The lowest BCUT2D eigenvalue weighted by atomic mass is 9.70. The van der Waals surface area contributed by atoms with Crippen molar-refractivity contribution in [3.8, 4) is 0 Å². The maximum absolute atomic E-state index is 14.9. The van der Waals surface area contributed by atoms with E-state index in [2.05, 4.69) is 9.97 Å². The Bertz CT molecular complexity index is 1210. The summed E-state index contributed by atoms with van der Waals surface area (Å²) in [5, 5.41) is 11.7. The van der Waals surface area contributed by atoms with Gasteiger partial charge in [-0.25, -0.2) is 18.7 Å². The lowest BCUT2D eigenvalue weighted by Crippen LogP contribution is -2.57. The van der Waals surface area contributed by atoms with Crippen LogP contribution in [0.2, 0.25) is 0 Å². The molecule has 2 aromatic carbocycles. The maximum Gasteiger partial charge on any atom is 0.228 e. The molecule has 3 aromatic rings. The zero-order valence-corrected chi connectivity index (χ0v) is 20.4. The van der Waals surface area contributed by atoms with Crippen LogP contribution in [0.15, 0.2) is 67.3 Å². The van der Waals surface area contributed by atoms with E-state index in [1.54, 1.807) is 17.3 Å². The first-order valence-electron chi connectivity index (χ1n) is 12.3. The second-order valence-electron chi connectivity index (χ2n) is 10.1. The van der Waals surface area contributed by atoms with E-state index in [9.17, 15) is 18.7 Å². The predicted molar refractivity (Wildman–Crippen MR) is 132 cm³/mol. The molecule has 1 aromatic heterocycles. The van der Waals surface area contributed by atoms with Crippen molar-refractivity contribution < 1.29 is 18.7 Å². The molecule has 188 valence electrons. The summed E-state index contributed by atoms with van der Waals surface area (Å²) in [5.74, 6) is -2.78. The van der Waals surface area contributed by atoms with Crippen molar-refractivity contribution in [3.05, 3.63) is 90.0 Å². The number of amides is 1. The molecular formula is C28H30F2N4O2. The first-order chi connectivity index (χ1) is 17.3. The van der Waals surface area contributed by atoms with Crippen molar-refractivity contribution in [3.63, 3.8) is 0 Å².